The molecule has 19 heavy (non-hydrogen) atoms. The van der Waals surface area contributed by atoms with Gasteiger partial charge in [0.25, 0.3) is 0 Å². The summed E-state index contributed by atoms with van der Waals surface area (Å²) in [5.74, 6) is 0.772. The highest BCUT2D eigenvalue weighted by molar-refractivity contribution is 5.42. The maximum Gasteiger partial charge on any atom is 0.123 e. The van der Waals surface area contributed by atoms with Gasteiger partial charge in [0.1, 0.15) is 5.75 Å². The Hall–Kier alpha value is -1.57. The number of methoxy groups -OCH3 is 1. The third-order valence-corrected chi connectivity index (χ3v) is 3.56. The Morgan fingerprint density at radius 2 is 2.21 bits per heavy atom. The summed E-state index contributed by atoms with van der Waals surface area (Å²) in [6.45, 7) is 4.95. The van der Waals surface area contributed by atoms with Crippen molar-refractivity contribution in [3.63, 3.8) is 0 Å². The molecule has 0 aliphatic rings. The van der Waals surface area contributed by atoms with Crippen molar-refractivity contribution in [1.29, 1.82) is 5.26 Å². The highest BCUT2D eigenvalue weighted by atomic mass is 16.5. The standard InChI is InChI=1S/C15H22N2O2/c1-4-15(2,7-8-18)17-11-13-9-12(10-16)5-6-14(13)19-3/h5-6,9,17-18H,4,7-8,11H2,1-3H3. The molecule has 2 N–H and O–H groups in total. The summed E-state index contributed by atoms with van der Waals surface area (Å²) in [4.78, 5) is 0. The highest BCUT2D eigenvalue weighted by Crippen LogP contribution is 2.22. The molecule has 4 heteroatoms. The normalized spacial score (nSPS) is 13.6. The van der Waals surface area contributed by atoms with E-state index in [1.165, 1.54) is 0 Å². The fourth-order valence-electron chi connectivity index (χ4n) is 1.93. The van der Waals surface area contributed by atoms with Crippen molar-refractivity contribution in [2.45, 2.75) is 38.8 Å². The molecular weight excluding hydrogens is 240 g/mol. The van der Waals surface area contributed by atoms with Gasteiger partial charge in [-0.2, -0.15) is 5.26 Å². The molecule has 1 aromatic carbocycles. The molecule has 0 amide bonds. The van der Waals surface area contributed by atoms with Crippen LogP contribution in [-0.2, 0) is 6.54 Å². The summed E-state index contributed by atoms with van der Waals surface area (Å²) in [5.41, 5.74) is 1.47. The third kappa shape index (κ3) is 4.23. The number of ether oxygens (including phenoxy) is 1. The van der Waals surface area contributed by atoms with Crippen molar-refractivity contribution >= 4 is 0 Å². The van der Waals surface area contributed by atoms with E-state index >= 15 is 0 Å². The average Bonchev–Trinajstić information content (AvgIpc) is 2.45. The van der Waals surface area contributed by atoms with Crippen LogP contribution in [0.2, 0.25) is 0 Å². The largest absolute Gasteiger partial charge is 0.496 e. The molecule has 1 unspecified atom stereocenters. The van der Waals surface area contributed by atoms with E-state index in [9.17, 15) is 0 Å². The number of hydrogen-bond donors (Lipinski definition) is 2. The minimum Gasteiger partial charge on any atom is -0.496 e. The molecule has 4 nitrogen and oxygen atoms in total. The van der Waals surface area contributed by atoms with E-state index in [2.05, 4.69) is 25.2 Å². The number of nitrogens with one attached hydrogen (secondary N) is 1. The fraction of sp³-hybridized carbons (Fsp3) is 0.533. The molecule has 0 heterocycles. The Kier molecular flexibility index (Phi) is 5.81. The van der Waals surface area contributed by atoms with E-state index in [4.69, 9.17) is 15.1 Å². The van der Waals surface area contributed by atoms with E-state index in [0.717, 1.165) is 17.7 Å². The zero-order valence-corrected chi connectivity index (χ0v) is 11.9. The van der Waals surface area contributed by atoms with E-state index in [-0.39, 0.29) is 12.1 Å². The van der Waals surface area contributed by atoms with Crippen molar-refractivity contribution in [1.82, 2.24) is 5.32 Å². The molecule has 0 saturated carbocycles. The first-order valence-corrected chi connectivity index (χ1v) is 6.51. The van der Waals surface area contributed by atoms with Crippen LogP contribution in [0.5, 0.6) is 5.75 Å². The van der Waals surface area contributed by atoms with Crippen LogP contribution in [0.4, 0.5) is 0 Å². The van der Waals surface area contributed by atoms with Gasteiger partial charge in [0.2, 0.25) is 0 Å². The molecule has 0 spiro atoms. The third-order valence-electron chi connectivity index (χ3n) is 3.56. The van der Waals surface area contributed by atoms with Gasteiger partial charge in [-0.25, -0.2) is 0 Å². The maximum atomic E-state index is 9.11. The predicted molar refractivity (Wildman–Crippen MR) is 74.9 cm³/mol. The first-order valence-electron chi connectivity index (χ1n) is 6.51. The van der Waals surface area contributed by atoms with Gasteiger partial charge in [-0.15, -0.1) is 0 Å². The molecule has 1 aromatic rings. The average molecular weight is 262 g/mol. The van der Waals surface area contributed by atoms with Crippen molar-refractivity contribution in [2.75, 3.05) is 13.7 Å². The first-order chi connectivity index (χ1) is 9.08. The van der Waals surface area contributed by atoms with Crippen LogP contribution >= 0.6 is 0 Å². The van der Waals surface area contributed by atoms with Gasteiger partial charge in [-0.3, -0.25) is 0 Å². The molecule has 0 bridgehead atoms. The zero-order valence-electron chi connectivity index (χ0n) is 11.9. The minimum absolute atomic E-state index is 0.109. The van der Waals surface area contributed by atoms with Crippen LogP contribution in [0.3, 0.4) is 0 Å². The second-order valence-corrected chi connectivity index (χ2v) is 4.88. The fourth-order valence-corrected chi connectivity index (χ4v) is 1.93. The van der Waals surface area contributed by atoms with Crippen molar-refractivity contribution < 1.29 is 9.84 Å². The molecule has 0 aliphatic carbocycles. The quantitative estimate of drug-likeness (QED) is 0.790. The van der Waals surface area contributed by atoms with Gasteiger partial charge in [0, 0.05) is 24.3 Å². The Bertz CT molecular complexity index is 454. The lowest BCUT2D eigenvalue weighted by molar-refractivity contribution is 0.214. The van der Waals surface area contributed by atoms with Gasteiger partial charge in [0.15, 0.2) is 0 Å². The number of aliphatic hydroxyl groups is 1. The van der Waals surface area contributed by atoms with Crippen LogP contribution in [0.1, 0.15) is 37.8 Å². The Labute approximate surface area is 115 Å². The maximum absolute atomic E-state index is 9.11. The first kappa shape index (κ1) is 15.5. The van der Waals surface area contributed by atoms with E-state index < -0.39 is 0 Å². The van der Waals surface area contributed by atoms with Gasteiger partial charge >= 0.3 is 0 Å². The molecule has 0 aromatic heterocycles. The zero-order chi connectivity index (χ0) is 14.3. The van der Waals surface area contributed by atoms with E-state index in [0.29, 0.717) is 18.5 Å². The molecule has 0 radical (unpaired) electrons. The van der Waals surface area contributed by atoms with Gasteiger partial charge in [0.05, 0.1) is 18.7 Å². The summed E-state index contributed by atoms with van der Waals surface area (Å²) in [6, 6.07) is 7.52. The van der Waals surface area contributed by atoms with Crippen molar-refractivity contribution in [3.8, 4) is 11.8 Å². The SMILES string of the molecule is CCC(C)(CCO)NCc1cc(C#N)ccc1OC. The summed E-state index contributed by atoms with van der Waals surface area (Å²) in [7, 11) is 1.62. The number of nitrogens with zero attached hydrogens (tertiary/aromatic N) is 1. The number of hydrogen-bond acceptors (Lipinski definition) is 4. The summed E-state index contributed by atoms with van der Waals surface area (Å²) in [5, 5.41) is 21.5. The van der Waals surface area contributed by atoms with Crippen LogP contribution in [-0.4, -0.2) is 24.4 Å². The van der Waals surface area contributed by atoms with E-state index in [1.807, 2.05) is 12.1 Å². The number of benzene rings is 1. The van der Waals surface area contributed by atoms with Crippen LogP contribution in [0.25, 0.3) is 0 Å². The molecular formula is C15H22N2O2. The topological polar surface area (TPSA) is 65.3 Å². The Balaban J connectivity index is 2.84. The molecule has 1 atom stereocenters. The van der Waals surface area contributed by atoms with Crippen molar-refractivity contribution in [3.05, 3.63) is 29.3 Å². The number of aliphatic hydroxyl groups excluding tert-OH is 1. The lowest BCUT2D eigenvalue weighted by Gasteiger charge is -2.29. The summed E-state index contributed by atoms with van der Waals surface area (Å²) >= 11 is 0. The Morgan fingerprint density at radius 3 is 2.74 bits per heavy atom. The number of nitriles is 1. The summed E-state index contributed by atoms with van der Waals surface area (Å²) in [6.07, 6.45) is 1.62. The van der Waals surface area contributed by atoms with Crippen LogP contribution in [0.15, 0.2) is 18.2 Å². The van der Waals surface area contributed by atoms with Crippen molar-refractivity contribution in [2.24, 2.45) is 0 Å². The lowest BCUT2D eigenvalue weighted by atomic mass is 9.94. The number of rotatable bonds is 7. The molecule has 1 rings (SSSR count). The molecule has 0 aliphatic heterocycles. The molecule has 104 valence electrons. The van der Waals surface area contributed by atoms with Gasteiger partial charge in [-0.05, 0) is 38.0 Å². The van der Waals surface area contributed by atoms with Gasteiger partial charge in [-0.1, -0.05) is 6.92 Å². The summed E-state index contributed by atoms with van der Waals surface area (Å²) < 4.78 is 5.30. The second-order valence-electron chi connectivity index (χ2n) is 4.88. The molecule has 0 fully saturated rings. The van der Waals surface area contributed by atoms with Crippen LogP contribution < -0.4 is 10.1 Å². The second kappa shape index (κ2) is 7.13. The monoisotopic (exact) mass is 262 g/mol. The van der Waals surface area contributed by atoms with Gasteiger partial charge < -0.3 is 15.2 Å². The minimum atomic E-state index is -0.109. The lowest BCUT2D eigenvalue weighted by Crippen LogP contribution is -2.42. The van der Waals surface area contributed by atoms with Crippen LogP contribution in [0, 0.1) is 11.3 Å². The highest BCUT2D eigenvalue weighted by Gasteiger charge is 2.21. The Morgan fingerprint density at radius 1 is 1.47 bits per heavy atom. The smallest absolute Gasteiger partial charge is 0.123 e. The predicted octanol–water partition coefficient (Wildman–Crippen LogP) is 2.21. The molecule has 0 saturated heterocycles. The van der Waals surface area contributed by atoms with E-state index in [1.54, 1.807) is 13.2 Å².